The Bertz CT molecular complexity index is 1690. The van der Waals surface area contributed by atoms with Gasteiger partial charge in [0.15, 0.2) is 5.43 Å². The molecule has 0 amide bonds. The van der Waals surface area contributed by atoms with E-state index in [1.807, 2.05) is 18.9 Å². The van der Waals surface area contributed by atoms with Crippen LogP contribution in [0, 0.1) is 12.8 Å². The fraction of sp³-hybridized carbons (Fsp3) is 0.333. The van der Waals surface area contributed by atoms with Gasteiger partial charge in [0.05, 0.1) is 29.0 Å². The number of aromatic nitrogens is 2. The van der Waals surface area contributed by atoms with Gasteiger partial charge in [-0.2, -0.15) is 0 Å². The SMILES string of the molecule is Cc1ncc(N2CC(C(=O)O[C@@H]3CN(C)CC[C@@H]3c3c(O)cc(O)c4c(=O)cc(-c5ccccc5Cl)oc34)C2)cn1. The molecule has 0 radical (unpaired) electrons. The van der Waals surface area contributed by atoms with Crippen molar-refractivity contribution in [3.8, 4) is 22.8 Å². The lowest BCUT2D eigenvalue weighted by atomic mass is 9.85. The van der Waals surface area contributed by atoms with Gasteiger partial charge in [0.1, 0.15) is 40.2 Å². The number of aryl methyl sites for hydroxylation is 1. The second-order valence-electron chi connectivity index (χ2n) is 10.7. The molecule has 4 aromatic rings. The predicted octanol–water partition coefficient (Wildman–Crippen LogP) is 4.09. The number of likely N-dealkylation sites (tertiary alicyclic amines) is 1. The molecule has 2 saturated heterocycles. The van der Waals surface area contributed by atoms with Gasteiger partial charge in [0, 0.05) is 48.8 Å². The van der Waals surface area contributed by atoms with Crippen LogP contribution < -0.4 is 10.3 Å². The molecule has 2 fully saturated rings. The maximum Gasteiger partial charge on any atom is 0.312 e. The highest BCUT2D eigenvalue weighted by molar-refractivity contribution is 6.33. The molecule has 41 heavy (non-hydrogen) atoms. The van der Waals surface area contributed by atoms with Gasteiger partial charge in [0.25, 0.3) is 0 Å². The number of fused-ring (bicyclic) bond motifs is 1. The summed E-state index contributed by atoms with van der Waals surface area (Å²) in [5.41, 5.74) is 1.24. The first kappa shape index (κ1) is 27.0. The molecular formula is C30H29ClN4O6. The molecule has 0 spiro atoms. The number of esters is 1. The molecule has 0 unspecified atom stereocenters. The van der Waals surface area contributed by atoms with E-state index in [0.29, 0.717) is 54.6 Å². The topological polar surface area (TPSA) is 129 Å². The van der Waals surface area contributed by atoms with Crippen molar-refractivity contribution in [2.75, 3.05) is 38.1 Å². The van der Waals surface area contributed by atoms with E-state index >= 15 is 0 Å². The number of likely N-dealkylation sites (N-methyl/N-ethyl adjacent to an activating group) is 1. The second-order valence-corrected chi connectivity index (χ2v) is 11.1. The van der Waals surface area contributed by atoms with Crippen LogP contribution in [0.2, 0.25) is 5.02 Å². The van der Waals surface area contributed by atoms with Crippen molar-refractivity contribution >= 4 is 34.2 Å². The first-order chi connectivity index (χ1) is 19.7. The van der Waals surface area contributed by atoms with E-state index in [1.165, 1.54) is 6.07 Å². The van der Waals surface area contributed by atoms with Crippen LogP contribution in [0.5, 0.6) is 11.5 Å². The molecular weight excluding hydrogens is 548 g/mol. The van der Waals surface area contributed by atoms with Gasteiger partial charge in [-0.25, -0.2) is 9.97 Å². The number of carbonyl (C=O) groups excluding carboxylic acids is 1. The van der Waals surface area contributed by atoms with Crippen LogP contribution in [-0.4, -0.2) is 70.4 Å². The summed E-state index contributed by atoms with van der Waals surface area (Å²) in [6.45, 7) is 3.88. The molecule has 11 heteroatoms. The van der Waals surface area contributed by atoms with E-state index in [4.69, 9.17) is 20.8 Å². The zero-order chi connectivity index (χ0) is 28.8. The van der Waals surface area contributed by atoms with E-state index in [-0.39, 0.29) is 34.4 Å². The largest absolute Gasteiger partial charge is 0.507 e. The number of aromatic hydroxyl groups is 2. The average Bonchev–Trinajstić information content (AvgIpc) is 2.90. The van der Waals surface area contributed by atoms with Crippen molar-refractivity contribution in [3.63, 3.8) is 0 Å². The number of anilines is 1. The number of hydrogen-bond acceptors (Lipinski definition) is 10. The van der Waals surface area contributed by atoms with Crippen molar-refractivity contribution in [3.05, 3.63) is 75.4 Å². The molecule has 2 aliphatic heterocycles. The number of ether oxygens (including phenoxy) is 1. The van der Waals surface area contributed by atoms with Crippen molar-refractivity contribution in [2.45, 2.75) is 25.4 Å². The molecule has 2 N–H and O–H groups in total. The van der Waals surface area contributed by atoms with Crippen LogP contribution in [0.15, 0.2) is 58.0 Å². The number of benzene rings is 2. The van der Waals surface area contributed by atoms with Crippen LogP contribution in [0.3, 0.4) is 0 Å². The Morgan fingerprint density at radius 3 is 2.56 bits per heavy atom. The minimum Gasteiger partial charge on any atom is -0.507 e. The fourth-order valence-electron chi connectivity index (χ4n) is 5.63. The third kappa shape index (κ3) is 5.09. The predicted molar refractivity (Wildman–Crippen MR) is 153 cm³/mol. The van der Waals surface area contributed by atoms with Gasteiger partial charge in [-0.1, -0.05) is 23.7 Å². The zero-order valence-corrected chi connectivity index (χ0v) is 23.3. The summed E-state index contributed by atoms with van der Waals surface area (Å²) >= 11 is 6.38. The number of carbonyl (C=O) groups is 1. The van der Waals surface area contributed by atoms with E-state index in [2.05, 4.69) is 14.9 Å². The van der Waals surface area contributed by atoms with E-state index in [0.717, 1.165) is 11.8 Å². The van der Waals surface area contributed by atoms with Crippen LogP contribution in [0.4, 0.5) is 5.69 Å². The summed E-state index contributed by atoms with van der Waals surface area (Å²) in [6, 6.07) is 9.36. The van der Waals surface area contributed by atoms with Gasteiger partial charge in [-0.05, 0) is 39.1 Å². The highest BCUT2D eigenvalue weighted by Gasteiger charge is 2.40. The smallest absolute Gasteiger partial charge is 0.312 e. The number of hydrogen-bond donors (Lipinski definition) is 2. The minimum absolute atomic E-state index is 0.0486. The molecule has 0 saturated carbocycles. The summed E-state index contributed by atoms with van der Waals surface area (Å²) in [7, 11) is 1.93. The fourth-order valence-corrected chi connectivity index (χ4v) is 5.86. The van der Waals surface area contributed by atoms with E-state index in [1.54, 1.807) is 36.7 Å². The van der Waals surface area contributed by atoms with Crippen LogP contribution in [-0.2, 0) is 9.53 Å². The Labute approximate surface area is 240 Å². The van der Waals surface area contributed by atoms with Gasteiger partial charge in [0.2, 0.25) is 0 Å². The summed E-state index contributed by atoms with van der Waals surface area (Å²) in [4.78, 5) is 39.0. The highest BCUT2D eigenvalue weighted by Crippen LogP contribution is 2.44. The molecule has 2 aliphatic rings. The Morgan fingerprint density at radius 1 is 1.10 bits per heavy atom. The van der Waals surface area contributed by atoms with Crippen molar-refractivity contribution < 1.29 is 24.2 Å². The third-order valence-electron chi connectivity index (χ3n) is 7.89. The Balaban J connectivity index is 1.33. The summed E-state index contributed by atoms with van der Waals surface area (Å²) < 4.78 is 12.3. The molecule has 0 bridgehead atoms. The summed E-state index contributed by atoms with van der Waals surface area (Å²) in [6.07, 6.45) is 3.38. The van der Waals surface area contributed by atoms with Gasteiger partial charge >= 0.3 is 5.97 Å². The maximum atomic E-state index is 13.3. The van der Waals surface area contributed by atoms with Crippen LogP contribution >= 0.6 is 11.6 Å². The average molecular weight is 577 g/mol. The van der Waals surface area contributed by atoms with Gasteiger partial charge in [-0.3, -0.25) is 9.59 Å². The van der Waals surface area contributed by atoms with Gasteiger partial charge < -0.3 is 29.2 Å². The van der Waals surface area contributed by atoms with Crippen LogP contribution in [0.25, 0.3) is 22.3 Å². The molecule has 2 aromatic carbocycles. The Hall–Kier alpha value is -4.15. The zero-order valence-electron chi connectivity index (χ0n) is 22.6. The Morgan fingerprint density at radius 2 is 1.83 bits per heavy atom. The number of phenolic OH excluding ortho intramolecular Hbond substituents is 2. The number of phenols is 2. The Kier molecular flexibility index (Phi) is 7.04. The first-order valence-corrected chi connectivity index (χ1v) is 13.8. The molecule has 0 aliphatic carbocycles. The van der Waals surface area contributed by atoms with Crippen LogP contribution in [0.1, 0.15) is 23.7 Å². The molecule has 6 rings (SSSR count). The van der Waals surface area contributed by atoms with Crippen molar-refractivity contribution in [2.24, 2.45) is 5.92 Å². The standard InChI is InChI=1S/C30H29ClN4O6/c1-16-32-11-18(12-33-16)35-13-17(14-35)30(39)41-26-15-34(2)8-7-20(26)27-22(36)9-23(37)28-24(38)10-25(40-29(27)28)19-5-3-4-6-21(19)31/h3-6,9-12,17,20,26,36-37H,7-8,13-15H2,1-2H3/t20-,26+/m0/s1. The van der Waals surface area contributed by atoms with Gasteiger partial charge in [-0.15, -0.1) is 0 Å². The number of nitrogens with zero attached hydrogens (tertiary/aromatic N) is 4. The monoisotopic (exact) mass is 576 g/mol. The first-order valence-electron chi connectivity index (χ1n) is 13.4. The number of piperidine rings is 1. The lowest BCUT2D eigenvalue weighted by Gasteiger charge is -2.41. The lowest BCUT2D eigenvalue weighted by Crippen LogP contribution is -2.53. The third-order valence-corrected chi connectivity index (χ3v) is 8.21. The molecule has 2 atom stereocenters. The molecule has 10 nitrogen and oxygen atoms in total. The van der Waals surface area contributed by atoms with Crippen molar-refractivity contribution in [1.82, 2.24) is 14.9 Å². The molecule has 212 valence electrons. The number of rotatable bonds is 5. The minimum atomic E-state index is -0.620. The van der Waals surface area contributed by atoms with E-state index < -0.39 is 23.2 Å². The summed E-state index contributed by atoms with van der Waals surface area (Å²) in [5.74, 6) is -0.881. The summed E-state index contributed by atoms with van der Waals surface area (Å²) in [5, 5.41) is 22.0. The second kappa shape index (κ2) is 10.7. The van der Waals surface area contributed by atoms with E-state index in [9.17, 15) is 19.8 Å². The highest BCUT2D eigenvalue weighted by atomic mass is 35.5. The molecule has 2 aromatic heterocycles. The maximum absolute atomic E-state index is 13.3. The van der Waals surface area contributed by atoms with Crippen molar-refractivity contribution in [1.29, 1.82) is 0 Å². The number of halogens is 1. The molecule has 4 heterocycles. The normalized spacial score (nSPS) is 19.7. The quantitative estimate of drug-likeness (QED) is 0.335. The lowest BCUT2D eigenvalue weighted by molar-refractivity contribution is -0.158.